The van der Waals surface area contributed by atoms with E-state index in [0.717, 1.165) is 26.1 Å². The number of amides is 2. The number of hydrogen-bond acceptors (Lipinski definition) is 5. The molecule has 2 aromatic rings. The fraction of sp³-hybridized carbons (Fsp3) is 0.440. The monoisotopic (exact) mass is 615 g/mol. The molecule has 0 aromatic heterocycles. The summed E-state index contributed by atoms with van der Waals surface area (Å²) in [6.45, 7) is 5.45. The molecule has 2 aromatic carbocycles. The summed E-state index contributed by atoms with van der Waals surface area (Å²) in [6.07, 6.45) is 2.20. The Morgan fingerprint density at radius 3 is 2.11 bits per heavy atom. The number of carbonyl (C=O) groups excluding carboxylic acids is 2. The van der Waals surface area contributed by atoms with Gasteiger partial charge in [0.25, 0.3) is 0 Å². The molecule has 1 N–H and O–H groups in total. The quantitative estimate of drug-likeness (QED) is 0.367. The minimum atomic E-state index is -3.75. The second-order valence-electron chi connectivity index (χ2n) is 8.36. The number of benzene rings is 2. The summed E-state index contributed by atoms with van der Waals surface area (Å²) >= 11 is 2.13. The lowest BCUT2D eigenvalue weighted by Gasteiger charge is -2.33. The van der Waals surface area contributed by atoms with Crippen molar-refractivity contribution in [3.63, 3.8) is 0 Å². The molecule has 0 fully saturated rings. The molecule has 0 aliphatic carbocycles. The van der Waals surface area contributed by atoms with Crippen LogP contribution in [0.4, 0.5) is 5.69 Å². The number of sulfonamides is 1. The molecule has 8 nitrogen and oxygen atoms in total. The summed E-state index contributed by atoms with van der Waals surface area (Å²) in [5, 5.41) is 2.96. The van der Waals surface area contributed by atoms with Crippen molar-refractivity contribution in [1.82, 2.24) is 10.2 Å². The Hall–Kier alpha value is -2.34. The van der Waals surface area contributed by atoms with Crippen LogP contribution >= 0.6 is 22.6 Å². The Labute approximate surface area is 222 Å². The van der Waals surface area contributed by atoms with Crippen molar-refractivity contribution >= 4 is 50.1 Å². The van der Waals surface area contributed by atoms with Gasteiger partial charge in [0.2, 0.25) is 21.8 Å². The zero-order valence-electron chi connectivity index (χ0n) is 20.8. The second kappa shape index (κ2) is 13.1. The van der Waals surface area contributed by atoms with Crippen molar-refractivity contribution in [3.8, 4) is 5.75 Å². The van der Waals surface area contributed by atoms with Crippen LogP contribution in [-0.4, -0.2) is 57.1 Å². The molecule has 0 saturated carbocycles. The first-order chi connectivity index (χ1) is 16.5. The molecule has 0 unspecified atom stereocenters. The number of nitrogens with zero attached hydrogens (tertiary/aromatic N) is 2. The Bertz CT molecular complexity index is 1090. The van der Waals surface area contributed by atoms with Crippen LogP contribution in [0.25, 0.3) is 0 Å². The van der Waals surface area contributed by atoms with Crippen LogP contribution in [-0.2, 0) is 26.2 Å². The standard InChI is InChI=1S/C25H34IN3O5S/c1-6-18(3)27-25(31)23(7-2)28(16-19-8-14-22(34-4)15-9-19)24(30)17-29(35(5,32)33)21-12-10-20(26)11-13-21/h8-15,18,23H,6-7,16-17H2,1-5H3,(H,27,31)/t18-,23-/m0/s1. The van der Waals surface area contributed by atoms with Crippen molar-refractivity contribution < 1.29 is 22.7 Å². The van der Waals surface area contributed by atoms with Crippen LogP contribution in [0, 0.1) is 3.57 Å². The first-order valence-electron chi connectivity index (χ1n) is 11.5. The van der Waals surface area contributed by atoms with Gasteiger partial charge in [-0.1, -0.05) is 26.0 Å². The van der Waals surface area contributed by atoms with Gasteiger partial charge < -0.3 is 15.0 Å². The Morgan fingerprint density at radius 1 is 1.03 bits per heavy atom. The van der Waals surface area contributed by atoms with E-state index in [1.807, 2.05) is 32.9 Å². The SMILES string of the molecule is CC[C@H](C)NC(=O)[C@H](CC)N(Cc1ccc(OC)cc1)C(=O)CN(c1ccc(I)cc1)S(C)(=O)=O. The van der Waals surface area contributed by atoms with Crippen molar-refractivity contribution in [1.29, 1.82) is 0 Å². The van der Waals surface area contributed by atoms with Gasteiger partial charge in [0.05, 0.1) is 19.1 Å². The average molecular weight is 616 g/mol. The predicted molar refractivity (Wildman–Crippen MR) is 147 cm³/mol. The molecule has 2 rings (SSSR count). The maximum absolute atomic E-state index is 13.6. The van der Waals surface area contributed by atoms with E-state index in [9.17, 15) is 18.0 Å². The maximum atomic E-state index is 13.6. The van der Waals surface area contributed by atoms with Crippen LogP contribution in [0.2, 0.25) is 0 Å². The molecule has 2 amide bonds. The van der Waals surface area contributed by atoms with Gasteiger partial charge in [-0.3, -0.25) is 13.9 Å². The van der Waals surface area contributed by atoms with Gasteiger partial charge in [-0.15, -0.1) is 0 Å². The maximum Gasteiger partial charge on any atom is 0.244 e. The molecule has 0 aliphatic heterocycles. The minimum Gasteiger partial charge on any atom is -0.497 e. The van der Waals surface area contributed by atoms with Gasteiger partial charge in [-0.05, 0) is 84.3 Å². The summed E-state index contributed by atoms with van der Waals surface area (Å²) in [5.41, 5.74) is 1.19. The number of rotatable bonds is 12. The normalized spacial score (nSPS) is 13.0. The van der Waals surface area contributed by atoms with E-state index < -0.39 is 28.5 Å². The molecule has 35 heavy (non-hydrogen) atoms. The minimum absolute atomic E-state index is 0.0474. The number of ether oxygens (including phenoxy) is 1. The summed E-state index contributed by atoms with van der Waals surface area (Å²) in [6, 6.07) is 13.3. The summed E-state index contributed by atoms with van der Waals surface area (Å²) in [5.74, 6) is -0.0463. The highest BCUT2D eigenvalue weighted by molar-refractivity contribution is 14.1. The first kappa shape index (κ1) is 28.9. The lowest BCUT2D eigenvalue weighted by Crippen LogP contribution is -2.53. The molecule has 10 heteroatoms. The fourth-order valence-corrected chi connectivity index (χ4v) is 4.72. The number of hydrogen-bond donors (Lipinski definition) is 1. The Balaban J connectivity index is 2.42. The highest BCUT2D eigenvalue weighted by Crippen LogP contribution is 2.21. The molecular formula is C25H34IN3O5S. The van der Waals surface area contributed by atoms with E-state index in [4.69, 9.17) is 4.74 Å². The van der Waals surface area contributed by atoms with Crippen molar-refractivity contribution in [2.24, 2.45) is 0 Å². The summed E-state index contributed by atoms with van der Waals surface area (Å²) in [7, 11) is -2.18. The number of anilines is 1. The molecule has 0 aliphatic rings. The number of halogens is 1. The van der Waals surface area contributed by atoms with Gasteiger partial charge in [0.15, 0.2) is 0 Å². The Kier molecular flexibility index (Phi) is 10.8. The smallest absolute Gasteiger partial charge is 0.244 e. The summed E-state index contributed by atoms with van der Waals surface area (Å²) < 4.78 is 32.5. The van der Waals surface area contributed by atoms with E-state index in [2.05, 4.69) is 27.9 Å². The zero-order valence-corrected chi connectivity index (χ0v) is 23.8. The van der Waals surface area contributed by atoms with E-state index in [-0.39, 0.29) is 18.5 Å². The van der Waals surface area contributed by atoms with E-state index in [1.165, 1.54) is 4.90 Å². The third-order valence-corrected chi connectivity index (χ3v) is 7.55. The van der Waals surface area contributed by atoms with E-state index in [1.54, 1.807) is 43.5 Å². The van der Waals surface area contributed by atoms with E-state index in [0.29, 0.717) is 17.9 Å². The highest BCUT2D eigenvalue weighted by Gasteiger charge is 2.32. The van der Waals surface area contributed by atoms with Crippen LogP contribution < -0.4 is 14.4 Å². The van der Waals surface area contributed by atoms with Crippen molar-refractivity contribution in [2.45, 2.75) is 52.2 Å². The van der Waals surface area contributed by atoms with Crippen LogP contribution in [0.15, 0.2) is 48.5 Å². The third-order valence-electron chi connectivity index (χ3n) is 5.69. The summed E-state index contributed by atoms with van der Waals surface area (Å²) in [4.78, 5) is 28.2. The lowest BCUT2D eigenvalue weighted by molar-refractivity contribution is -0.140. The molecule has 2 atom stereocenters. The molecule has 0 spiro atoms. The molecule has 0 radical (unpaired) electrons. The molecule has 0 saturated heterocycles. The molecule has 0 bridgehead atoms. The first-order valence-corrected chi connectivity index (χ1v) is 14.4. The van der Waals surface area contributed by atoms with Gasteiger partial charge in [-0.25, -0.2) is 8.42 Å². The highest BCUT2D eigenvalue weighted by atomic mass is 127. The van der Waals surface area contributed by atoms with Crippen molar-refractivity contribution in [2.75, 3.05) is 24.2 Å². The molecular weight excluding hydrogens is 581 g/mol. The third kappa shape index (κ3) is 8.38. The Morgan fingerprint density at radius 2 is 1.63 bits per heavy atom. The van der Waals surface area contributed by atoms with Gasteiger partial charge >= 0.3 is 0 Å². The zero-order chi connectivity index (χ0) is 26.2. The number of nitrogens with one attached hydrogen (secondary N) is 1. The van der Waals surface area contributed by atoms with Gasteiger partial charge in [-0.2, -0.15) is 0 Å². The largest absolute Gasteiger partial charge is 0.497 e. The van der Waals surface area contributed by atoms with Crippen LogP contribution in [0.1, 0.15) is 39.2 Å². The van der Waals surface area contributed by atoms with Crippen molar-refractivity contribution in [3.05, 3.63) is 57.7 Å². The average Bonchev–Trinajstić information content (AvgIpc) is 2.82. The number of methoxy groups -OCH3 is 1. The lowest BCUT2D eigenvalue weighted by atomic mass is 10.1. The van der Waals surface area contributed by atoms with E-state index >= 15 is 0 Å². The van der Waals surface area contributed by atoms with Gasteiger partial charge in [0.1, 0.15) is 18.3 Å². The van der Waals surface area contributed by atoms with Crippen LogP contribution in [0.3, 0.4) is 0 Å². The molecule has 0 heterocycles. The predicted octanol–water partition coefficient (Wildman–Crippen LogP) is 3.79. The number of carbonyl (C=O) groups is 2. The topological polar surface area (TPSA) is 96.0 Å². The van der Waals surface area contributed by atoms with Crippen LogP contribution in [0.5, 0.6) is 5.75 Å². The van der Waals surface area contributed by atoms with Gasteiger partial charge in [0, 0.05) is 16.2 Å². The fourth-order valence-electron chi connectivity index (χ4n) is 3.51. The molecule has 192 valence electrons. The second-order valence-corrected chi connectivity index (χ2v) is 11.5.